The predicted molar refractivity (Wildman–Crippen MR) is 124 cm³/mol. The molecule has 7 heteroatoms. The second kappa shape index (κ2) is 10.3. The van der Waals surface area contributed by atoms with E-state index in [0.717, 1.165) is 28.1 Å². The van der Waals surface area contributed by atoms with Crippen LogP contribution >= 0.6 is 0 Å². The van der Waals surface area contributed by atoms with Gasteiger partial charge >= 0.3 is 0 Å². The molecule has 2 unspecified atom stereocenters. The van der Waals surface area contributed by atoms with Gasteiger partial charge in [0.2, 0.25) is 0 Å². The molecule has 4 aromatic rings. The lowest BCUT2D eigenvalue weighted by atomic mass is 10.2. The molecule has 0 aliphatic carbocycles. The van der Waals surface area contributed by atoms with Gasteiger partial charge < -0.3 is 14.5 Å². The van der Waals surface area contributed by atoms with Crippen molar-refractivity contribution in [3.8, 4) is 0 Å². The van der Waals surface area contributed by atoms with Crippen LogP contribution in [0, 0.1) is 0 Å². The van der Waals surface area contributed by atoms with Crippen LogP contribution in [0.15, 0.2) is 72.0 Å². The highest BCUT2D eigenvalue weighted by Crippen LogP contribution is 2.23. The lowest BCUT2D eigenvalue weighted by Crippen LogP contribution is -2.20. The van der Waals surface area contributed by atoms with Crippen molar-refractivity contribution in [2.24, 2.45) is 4.99 Å². The van der Waals surface area contributed by atoms with E-state index in [2.05, 4.69) is 34.0 Å². The molecule has 2 aromatic carbocycles. The van der Waals surface area contributed by atoms with E-state index in [0.29, 0.717) is 25.2 Å². The zero-order chi connectivity index (χ0) is 22.3. The maximum atomic E-state index is 5.95. The Balaban J connectivity index is 1.65. The summed E-state index contributed by atoms with van der Waals surface area (Å²) < 4.78 is 13.7. The van der Waals surface area contributed by atoms with Gasteiger partial charge in [-0.3, -0.25) is 9.56 Å². The van der Waals surface area contributed by atoms with Crippen molar-refractivity contribution in [3.63, 3.8) is 0 Å². The molecule has 0 radical (unpaired) electrons. The molecule has 166 valence electrons. The fourth-order valence-corrected chi connectivity index (χ4v) is 3.67. The normalized spacial score (nSPS) is 14.0. The number of hydrogen-bond acceptors (Lipinski definition) is 5. The summed E-state index contributed by atoms with van der Waals surface area (Å²) in [7, 11) is 1.69. The van der Waals surface area contributed by atoms with Crippen molar-refractivity contribution in [2.75, 3.05) is 20.3 Å². The summed E-state index contributed by atoms with van der Waals surface area (Å²) in [6.07, 6.45) is 1.40. The average molecular weight is 432 g/mol. The molecular formula is C25H29N5O2. The van der Waals surface area contributed by atoms with E-state index in [1.165, 1.54) is 0 Å². The first kappa shape index (κ1) is 21.9. The Morgan fingerprint density at radius 2 is 1.78 bits per heavy atom. The Hall–Kier alpha value is -3.29. The van der Waals surface area contributed by atoms with Crippen LogP contribution in [0.25, 0.3) is 11.2 Å². The monoisotopic (exact) mass is 431 g/mol. The third-order valence-electron chi connectivity index (χ3n) is 5.29. The molecule has 2 aromatic heterocycles. The van der Waals surface area contributed by atoms with Gasteiger partial charge in [-0.2, -0.15) is 0 Å². The summed E-state index contributed by atoms with van der Waals surface area (Å²) in [6.45, 7) is 5.86. The van der Waals surface area contributed by atoms with Crippen LogP contribution < -0.4 is 5.49 Å². The SMILES string of the molecule is CCN=c1ncn(C(OC)c2ccccc2)c2nc(C(C)COCc3ccccc3)[nH]c12. The first-order valence-electron chi connectivity index (χ1n) is 10.9. The summed E-state index contributed by atoms with van der Waals surface area (Å²) in [5.74, 6) is 0.914. The fraction of sp³-hybridized carbons (Fsp3) is 0.320. The van der Waals surface area contributed by atoms with Crippen molar-refractivity contribution in [1.29, 1.82) is 0 Å². The molecule has 2 atom stereocenters. The van der Waals surface area contributed by atoms with Gasteiger partial charge in [0.05, 0.1) is 13.2 Å². The molecule has 2 heterocycles. The fourth-order valence-electron chi connectivity index (χ4n) is 3.67. The first-order valence-corrected chi connectivity index (χ1v) is 10.9. The molecule has 0 amide bonds. The van der Waals surface area contributed by atoms with E-state index in [4.69, 9.17) is 14.5 Å². The number of hydrogen-bond donors (Lipinski definition) is 1. The Morgan fingerprint density at radius 3 is 2.47 bits per heavy atom. The number of nitrogens with one attached hydrogen (secondary N) is 1. The number of benzene rings is 2. The molecule has 0 bridgehead atoms. The minimum atomic E-state index is -0.345. The van der Waals surface area contributed by atoms with Gasteiger partial charge in [-0.15, -0.1) is 0 Å². The summed E-state index contributed by atoms with van der Waals surface area (Å²) in [4.78, 5) is 17.5. The zero-order valence-corrected chi connectivity index (χ0v) is 18.7. The molecule has 32 heavy (non-hydrogen) atoms. The highest BCUT2D eigenvalue weighted by Gasteiger charge is 2.20. The molecule has 0 saturated heterocycles. The second-order valence-electron chi connectivity index (χ2n) is 7.67. The standard InChI is InChI=1S/C25H29N5O2/c1-4-26-23-21-24(30(17-27-23)25(31-3)20-13-9-6-10-14-20)29-22(28-21)18(2)15-32-16-19-11-7-5-8-12-19/h5-14,17-18,25H,4,15-16H2,1-3H3,(H,28,29). The first-order chi connectivity index (χ1) is 15.7. The van der Waals surface area contributed by atoms with Crippen LogP contribution in [0.3, 0.4) is 0 Å². The minimum Gasteiger partial charge on any atom is -0.376 e. The molecule has 0 spiro atoms. The number of aromatic nitrogens is 4. The number of fused-ring (bicyclic) bond motifs is 1. The molecule has 4 rings (SSSR count). The van der Waals surface area contributed by atoms with Gasteiger partial charge in [-0.25, -0.2) is 9.97 Å². The summed E-state index contributed by atoms with van der Waals surface area (Å²) in [5, 5.41) is 0. The van der Waals surface area contributed by atoms with Gasteiger partial charge in [0.15, 0.2) is 17.4 Å². The Morgan fingerprint density at radius 1 is 1.06 bits per heavy atom. The van der Waals surface area contributed by atoms with E-state index >= 15 is 0 Å². The Kier molecular flexibility index (Phi) is 7.09. The summed E-state index contributed by atoms with van der Waals surface area (Å²) in [6, 6.07) is 20.2. The van der Waals surface area contributed by atoms with Crippen molar-refractivity contribution >= 4 is 11.2 Å². The van der Waals surface area contributed by atoms with E-state index < -0.39 is 0 Å². The van der Waals surface area contributed by atoms with Crippen molar-refractivity contribution in [2.45, 2.75) is 32.6 Å². The number of ether oxygens (including phenoxy) is 2. The number of H-pyrrole nitrogens is 1. The predicted octanol–water partition coefficient (Wildman–Crippen LogP) is 4.19. The number of rotatable bonds is 9. The third-order valence-corrected chi connectivity index (χ3v) is 5.29. The van der Waals surface area contributed by atoms with Crippen LogP contribution in [-0.2, 0) is 16.1 Å². The highest BCUT2D eigenvalue weighted by atomic mass is 16.5. The summed E-state index contributed by atoms with van der Waals surface area (Å²) in [5.41, 5.74) is 4.39. The van der Waals surface area contributed by atoms with E-state index in [1.807, 2.05) is 60.0 Å². The zero-order valence-electron chi connectivity index (χ0n) is 18.7. The quantitative estimate of drug-likeness (QED) is 0.431. The third kappa shape index (κ3) is 4.79. The van der Waals surface area contributed by atoms with Gasteiger partial charge in [0.25, 0.3) is 0 Å². The summed E-state index contributed by atoms with van der Waals surface area (Å²) >= 11 is 0. The lowest BCUT2D eigenvalue weighted by Gasteiger charge is -2.19. The largest absolute Gasteiger partial charge is 0.376 e. The van der Waals surface area contributed by atoms with Crippen LogP contribution in [0.1, 0.15) is 42.9 Å². The minimum absolute atomic E-state index is 0.0757. The van der Waals surface area contributed by atoms with E-state index in [1.54, 1.807) is 13.4 Å². The molecule has 0 fully saturated rings. The van der Waals surface area contributed by atoms with Crippen LogP contribution in [-0.4, -0.2) is 39.8 Å². The molecule has 0 saturated carbocycles. The topological polar surface area (TPSA) is 77.3 Å². The van der Waals surface area contributed by atoms with Crippen molar-refractivity contribution in [3.05, 3.63) is 89.4 Å². The van der Waals surface area contributed by atoms with E-state index in [9.17, 15) is 0 Å². The van der Waals surface area contributed by atoms with Crippen LogP contribution in [0.5, 0.6) is 0 Å². The van der Waals surface area contributed by atoms with Crippen LogP contribution in [0.4, 0.5) is 0 Å². The Labute approximate surface area is 187 Å². The second-order valence-corrected chi connectivity index (χ2v) is 7.67. The maximum absolute atomic E-state index is 5.95. The number of methoxy groups -OCH3 is 1. The molecular weight excluding hydrogens is 402 g/mol. The van der Waals surface area contributed by atoms with Gasteiger partial charge in [0.1, 0.15) is 17.7 Å². The molecule has 1 N–H and O–H groups in total. The average Bonchev–Trinajstić information content (AvgIpc) is 3.28. The number of imidazole rings is 1. The van der Waals surface area contributed by atoms with E-state index in [-0.39, 0.29) is 12.1 Å². The van der Waals surface area contributed by atoms with Gasteiger partial charge in [0, 0.05) is 25.1 Å². The molecule has 0 aliphatic heterocycles. The van der Waals surface area contributed by atoms with Crippen LogP contribution in [0.2, 0.25) is 0 Å². The smallest absolute Gasteiger partial charge is 0.176 e. The van der Waals surface area contributed by atoms with Crippen molar-refractivity contribution in [1.82, 2.24) is 19.5 Å². The van der Waals surface area contributed by atoms with Crippen molar-refractivity contribution < 1.29 is 9.47 Å². The number of nitrogens with zero attached hydrogens (tertiary/aromatic N) is 4. The highest BCUT2D eigenvalue weighted by molar-refractivity contribution is 5.70. The Bertz CT molecular complexity index is 1200. The maximum Gasteiger partial charge on any atom is 0.176 e. The van der Waals surface area contributed by atoms with Gasteiger partial charge in [-0.1, -0.05) is 67.6 Å². The molecule has 7 nitrogen and oxygen atoms in total. The number of aromatic amines is 1. The molecule has 0 aliphatic rings. The van der Waals surface area contributed by atoms with Gasteiger partial charge in [-0.05, 0) is 12.5 Å². The lowest BCUT2D eigenvalue weighted by molar-refractivity contribution is 0.0804.